The lowest BCUT2D eigenvalue weighted by Crippen LogP contribution is -2.29. The van der Waals surface area contributed by atoms with E-state index >= 15 is 0 Å². The first-order valence-electron chi connectivity index (χ1n) is 6.84. The normalized spacial score (nSPS) is 12.2. The van der Waals surface area contributed by atoms with Gasteiger partial charge in [-0.05, 0) is 32.0 Å². The predicted octanol–water partition coefficient (Wildman–Crippen LogP) is 1.53. The Balaban J connectivity index is 2.29. The topological polar surface area (TPSA) is 58.4 Å². The summed E-state index contributed by atoms with van der Waals surface area (Å²) >= 11 is 0. The lowest BCUT2D eigenvalue weighted by molar-refractivity contribution is -0.130. The van der Waals surface area contributed by atoms with Gasteiger partial charge >= 0.3 is 0 Å². The summed E-state index contributed by atoms with van der Waals surface area (Å²) in [5, 5.41) is 3.08. The molecule has 0 spiro atoms. The molecule has 1 aromatic rings. The van der Waals surface area contributed by atoms with Gasteiger partial charge in [0.2, 0.25) is 5.91 Å². The second kappa shape index (κ2) is 8.67. The maximum absolute atomic E-state index is 11.9. The Morgan fingerprint density at radius 2 is 2.05 bits per heavy atom. The number of amides is 1. The first kappa shape index (κ1) is 15.7. The molecule has 4 nitrogen and oxygen atoms in total. The van der Waals surface area contributed by atoms with Gasteiger partial charge in [0.1, 0.15) is 0 Å². The van der Waals surface area contributed by atoms with Crippen LogP contribution in [0, 0.1) is 0 Å². The average Bonchev–Trinajstić information content (AvgIpc) is 2.45. The van der Waals surface area contributed by atoms with E-state index in [1.165, 1.54) is 0 Å². The van der Waals surface area contributed by atoms with Crippen LogP contribution in [0.1, 0.15) is 30.9 Å². The minimum Gasteiger partial charge on any atom is -0.346 e. The SMILES string of the molecule is CNCCCN(C)C(=O)CCC(N)c1ccccc1. The molecule has 19 heavy (non-hydrogen) atoms. The number of nitrogens with one attached hydrogen (secondary N) is 1. The predicted molar refractivity (Wildman–Crippen MR) is 78.8 cm³/mol. The summed E-state index contributed by atoms with van der Waals surface area (Å²) in [4.78, 5) is 13.7. The molecule has 106 valence electrons. The number of benzene rings is 1. The molecule has 0 aliphatic heterocycles. The first-order chi connectivity index (χ1) is 9.15. The molecular weight excluding hydrogens is 238 g/mol. The molecule has 1 unspecified atom stereocenters. The van der Waals surface area contributed by atoms with Crippen molar-refractivity contribution in [2.45, 2.75) is 25.3 Å². The Morgan fingerprint density at radius 3 is 2.68 bits per heavy atom. The monoisotopic (exact) mass is 263 g/mol. The van der Waals surface area contributed by atoms with Crippen molar-refractivity contribution in [3.63, 3.8) is 0 Å². The summed E-state index contributed by atoms with van der Waals surface area (Å²) in [5.74, 6) is 0.169. The Morgan fingerprint density at radius 1 is 1.37 bits per heavy atom. The minimum atomic E-state index is -0.0594. The van der Waals surface area contributed by atoms with Crippen molar-refractivity contribution in [3.05, 3.63) is 35.9 Å². The van der Waals surface area contributed by atoms with E-state index < -0.39 is 0 Å². The number of rotatable bonds is 8. The van der Waals surface area contributed by atoms with E-state index in [0.717, 1.165) is 25.1 Å². The third-order valence-electron chi connectivity index (χ3n) is 3.24. The van der Waals surface area contributed by atoms with Crippen molar-refractivity contribution in [3.8, 4) is 0 Å². The van der Waals surface area contributed by atoms with Crippen molar-refractivity contribution in [1.82, 2.24) is 10.2 Å². The molecule has 0 saturated heterocycles. The highest BCUT2D eigenvalue weighted by Crippen LogP contribution is 2.15. The number of hydrogen-bond acceptors (Lipinski definition) is 3. The van der Waals surface area contributed by atoms with E-state index in [0.29, 0.717) is 12.8 Å². The van der Waals surface area contributed by atoms with Crippen LogP contribution < -0.4 is 11.1 Å². The molecule has 1 amide bonds. The Labute approximate surface area is 116 Å². The molecule has 0 aromatic heterocycles. The van der Waals surface area contributed by atoms with Crippen molar-refractivity contribution >= 4 is 5.91 Å². The van der Waals surface area contributed by atoms with Gasteiger partial charge in [-0.2, -0.15) is 0 Å². The standard InChI is InChI=1S/C15H25N3O/c1-17-11-6-12-18(2)15(19)10-9-14(16)13-7-4-3-5-8-13/h3-5,7-8,14,17H,6,9-12,16H2,1-2H3. The molecule has 0 bridgehead atoms. The fourth-order valence-electron chi connectivity index (χ4n) is 1.95. The minimum absolute atomic E-state index is 0.0594. The van der Waals surface area contributed by atoms with Crippen LogP contribution in [-0.2, 0) is 4.79 Å². The maximum Gasteiger partial charge on any atom is 0.222 e. The van der Waals surface area contributed by atoms with Crippen molar-refractivity contribution in [2.24, 2.45) is 5.73 Å². The van der Waals surface area contributed by atoms with Gasteiger partial charge in [-0.1, -0.05) is 30.3 Å². The molecular formula is C15H25N3O. The molecule has 1 atom stereocenters. The Kier molecular flexibility index (Phi) is 7.15. The van der Waals surface area contributed by atoms with Crippen LogP contribution in [0.25, 0.3) is 0 Å². The summed E-state index contributed by atoms with van der Waals surface area (Å²) in [7, 11) is 3.77. The summed E-state index contributed by atoms with van der Waals surface area (Å²) in [6.45, 7) is 1.72. The fraction of sp³-hybridized carbons (Fsp3) is 0.533. The van der Waals surface area contributed by atoms with Gasteiger partial charge in [0.15, 0.2) is 0 Å². The second-order valence-corrected chi connectivity index (χ2v) is 4.83. The molecule has 1 aromatic carbocycles. The molecule has 0 radical (unpaired) electrons. The fourth-order valence-corrected chi connectivity index (χ4v) is 1.95. The number of nitrogens with two attached hydrogens (primary N) is 1. The highest BCUT2D eigenvalue weighted by atomic mass is 16.2. The zero-order valence-corrected chi connectivity index (χ0v) is 11.9. The van der Waals surface area contributed by atoms with E-state index in [-0.39, 0.29) is 11.9 Å². The highest BCUT2D eigenvalue weighted by Gasteiger charge is 2.12. The largest absolute Gasteiger partial charge is 0.346 e. The number of carbonyl (C=O) groups is 1. The van der Waals surface area contributed by atoms with Crippen molar-refractivity contribution in [2.75, 3.05) is 27.2 Å². The highest BCUT2D eigenvalue weighted by molar-refractivity contribution is 5.75. The zero-order valence-electron chi connectivity index (χ0n) is 11.9. The van der Waals surface area contributed by atoms with Crippen LogP contribution >= 0.6 is 0 Å². The zero-order chi connectivity index (χ0) is 14.1. The number of hydrogen-bond donors (Lipinski definition) is 2. The van der Waals surface area contributed by atoms with Crippen molar-refractivity contribution in [1.29, 1.82) is 0 Å². The summed E-state index contributed by atoms with van der Waals surface area (Å²) < 4.78 is 0. The van der Waals surface area contributed by atoms with Gasteiger partial charge in [-0.25, -0.2) is 0 Å². The summed E-state index contributed by atoms with van der Waals surface area (Å²) in [6, 6.07) is 9.87. The summed E-state index contributed by atoms with van der Waals surface area (Å²) in [5.41, 5.74) is 7.18. The molecule has 3 N–H and O–H groups in total. The molecule has 4 heteroatoms. The van der Waals surface area contributed by atoms with E-state index in [4.69, 9.17) is 5.73 Å². The van der Waals surface area contributed by atoms with Gasteiger partial charge in [-0.3, -0.25) is 4.79 Å². The van der Waals surface area contributed by atoms with Crippen LogP contribution in [-0.4, -0.2) is 38.0 Å². The maximum atomic E-state index is 11.9. The van der Waals surface area contributed by atoms with E-state index in [9.17, 15) is 4.79 Å². The Hall–Kier alpha value is -1.39. The van der Waals surface area contributed by atoms with Crippen LogP contribution in [0.4, 0.5) is 0 Å². The second-order valence-electron chi connectivity index (χ2n) is 4.83. The lowest BCUT2D eigenvalue weighted by Gasteiger charge is -2.18. The quantitative estimate of drug-likeness (QED) is 0.699. The molecule has 0 heterocycles. The van der Waals surface area contributed by atoms with E-state index in [2.05, 4.69) is 5.32 Å². The molecule has 1 rings (SSSR count). The molecule has 0 aliphatic carbocycles. The van der Waals surface area contributed by atoms with Crippen LogP contribution in [0.3, 0.4) is 0 Å². The van der Waals surface area contributed by atoms with Crippen LogP contribution in [0.2, 0.25) is 0 Å². The average molecular weight is 263 g/mol. The van der Waals surface area contributed by atoms with Gasteiger partial charge < -0.3 is 16.0 Å². The summed E-state index contributed by atoms with van der Waals surface area (Å²) in [6.07, 6.45) is 2.18. The Bertz CT molecular complexity index is 367. The van der Waals surface area contributed by atoms with Crippen LogP contribution in [0.15, 0.2) is 30.3 Å². The molecule has 0 aliphatic rings. The van der Waals surface area contributed by atoms with Gasteiger partial charge in [-0.15, -0.1) is 0 Å². The first-order valence-corrected chi connectivity index (χ1v) is 6.84. The molecule has 0 saturated carbocycles. The lowest BCUT2D eigenvalue weighted by atomic mass is 10.0. The van der Waals surface area contributed by atoms with Gasteiger partial charge in [0, 0.05) is 26.1 Å². The molecule has 0 fully saturated rings. The van der Waals surface area contributed by atoms with Gasteiger partial charge in [0.05, 0.1) is 0 Å². The van der Waals surface area contributed by atoms with Crippen molar-refractivity contribution < 1.29 is 4.79 Å². The van der Waals surface area contributed by atoms with Gasteiger partial charge in [0.25, 0.3) is 0 Å². The number of carbonyl (C=O) groups excluding carboxylic acids is 1. The van der Waals surface area contributed by atoms with Crippen LogP contribution in [0.5, 0.6) is 0 Å². The third-order valence-corrected chi connectivity index (χ3v) is 3.24. The number of nitrogens with zero attached hydrogens (tertiary/aromatic N) is 1. The van der Waals surface area contributed by atoms with E-state index in [1.807, 2.05) is 44.4 Å². The van der Waals surface area contributed by atoms with E-state index in [1.54, 1.807) is 4.90 Å². The smallest absolute Gasteiger partial charge is 0.222 e. The third kappa shape index (κ3) is 5.85.